The van der Waals surface area contributed by atoms with Gasteiger partial charge in [-0.1, -0.05) is 29.8 Å². The van der Waals surface area contributed by atoms with Gasteiger partial charge in [-0.15, -0.1) is 11.8 Å². The molecule has 0 aliphatic carbocycles. The van der Waals surface area contributed by atoms with Crippen molar-refractivity contribution in [2.45, 2.75) is 32.1 Å². The van der Waals surface area contributed by atoms with Crippen LogP contribution in [0.2, 0.25) is 5.02 Å². The summed E-state index contributed by atoms with van der Waals surface area (Å²) in [6.45, 7) is 5.93. The molecular formula is C13H18ClNOS. The first-order chi connectivity index (χ1) is 7.88. The molecule has 0 bridgehead atoms. The fourth-order valence-electron chi connectivity index (χ4n) is 1.32. The van der Waals surface area contributed by atoms with Crippen LogP contribution in [0.4, 0.5) is 0 Å². The van der Waals surface area contributed by atoms with Gasteiger partial charge in [-0.25, -0.2) is 0 Å². The van der Waals surface area contributed by atoms with E-state index in [-0.39, 0.29) is 11.4 Å². The van der Waals surface area contributed by atoms with E-state index in [0.717, 1.165) is 16.3 Å². The van der Waals surface area contributed by atoms with Gasteiger partial charge in [-0.2, -0.15) is 0 Å². The zero-order chi connectivity index (χ0) is 12.9. The molecule has 0 saturated carbocycles. The van der Waals surface area contributed by atoms with E-state index in [4.69, 9.17) is 11.6 Å². The van der Waals surface area contributed by atoms with E-state index in [2.05, 4.69) is 5.32 Å². The van der Waals surface area contributed by atoms with Gasteiger partial charge in [0.1, 0.15) is 0 Å². The van der Waals surface area contributed by atoms with Gasteiger partial charge < -0.3 is 5.32 Å². The molecule has 1 amide bonds. The van der Waals surface area contributed by atoms with E-state index in [1.807, 2.05) is 45.0 Å². The van der Waals surface area contributed by atoms with Crippen molar-refractivity contribution in [3.63, 3.8) is 0 Å². The summed E-state index contributed by atoms with van der Waals surface area (Å²) in [6.07, 6.45) is 0. The number of hydrogen-bond donors (Lipinski definition) is 1. The fraction of sp³-hybridized carbons (Fsp3) is 0.462. The molecule has 1 aromatic carbocycles. The molecule has 1 N–H and O–H groups in total. The van der Waals surface area contributed by atoms with Crippen LogP contribution in [0.25, 0.3) is 0 Å². The van der Waals surface area contributed by atoms with Crippen LogP contribution < -0.4 is 5.32 Å². The Hall–Kier alpha value is -0.670. The van der Waals surface area contributed by atoms with Gasteiger partial charge >= 0.3 is 0 Å². The van der Waals surface area contributed by atoms with Crippen molar-refractivity contribution in [1.82, 2.24) is 5.32 Å². The molecule has 0 saturated heterocycles. The normalized spacial score (nSPS) is 11.3. The van der Waals surface area contributed by atoms with E-state index in [1.165, 1.54) is 0 Å². The molecular weight excluding hydrogens is 254 g/mol. The zero-order valence-corrected chi connectivity index (χ0v) is 12.0. The molecule has 0 atom stereocenters. The van der Waals surface area contributed by atoms with Crippen molar-refractivity contribution in [3.05, 3.63) is 34.9 Å². The Kier molecular flexibility index (Phi) is 5.34. The summed E-state index contributed by atoms with van der Waals surface area (Å²) < 4.78 is 0. The number of halogens is 1. The number of amides is 1. The third-order valence-electron chi connectivity index (χ3n) is 1.96. The average molecular weight is 272 g/mol. The van der Waals surface area contributed by atoms with Gasteiger partial charge in [0.15, 0.2) is 0 Å². The number of rotatable bonds is 4. The monoisotopic (exact) mass is 271 g/mol. The van der Waals surface area contributed by atoms with Crippen LogP contribution >= 0.6 is 23.4 Å². The van der Waals surface area contributed by atoms with E-state index in [9.17, 15) is 4.79 Å². The molecule has 0 radical (unpaired) electrons. The van der Waals surface area contributed by atoms with Crippen LogP contribution in [0.5, 0.6) is 0 Å². The summed E-state index contributed by atoms with van der Waals surface area (Å²) >= 11 is 7.60. The van der Waals surface area contributed by atoms with E-state index in [0.29, 0.717) is 5.75 Å². The molecule has 2 nitrogen and oxygen atoms in total. The van der Waals surface area contributed by atoms with E-state index < -0.39 is 0 Å². The highest BCUT2D eigenvalue weighted by Crippen LogP contribution is 2.20. The summed E-state index contributed by atoms with van der Waals surface area (Å²) in [5, 5.41) is 3.69. The quantitative estimate of drug-likeness (QED) is 0.908. The van der Waals surface area contributed by atoms with Crippen molar-refractivity contribution in [2.75, 3.05) is 5.75 Å². The third kappa shape index (κ3) is 5.99. The highest BCUT2D eigenvalue weighted by molar-refractivity contribution is 7.99. The number of benzene rings is 1. The molecule has 4 heteroatoms. The Morgan fingerprint density at radius 1 is 1.35 bits per heavy atom. The number of nitrogens with one attached hydrogen (secondary N) is 1. The second kappa shape index (κ2) is 6.31. The molecule has 0 aromatic heterocycles. The van der Waals surface area contributed by atoms with Gasteiger partial charge in [-0.05, 0) is 32.4 Å². The summed E-state index contributed by atoms with van der Waals surface area (Å²) in [6, 6.07) is 7.71. The minimum absolute atomic E-state index is 0.0644. The molecule has 0 aliphatic rings. The first-order valence-corrected chi connectivity index (χ1v) is 7.04. The third-order valence-corrected chi connectivity index (χ3v) is 3.31. The van der Waals surface area contributed by atoms with Crippen LogP contribution in [-0.4, -0.2) is 17.2 Å². The first-order valence-electron chi connectivity index (χ1n) is 5.50. The van der Waals surface area contributed by atoms with Gasteiger partial charge in [0.2, 0.25) is 5.91 Å². The Balaban J connectivity index is 2.34. The van der Waals surface area contributed by atoms with Crippen LogP contribution in [0.3, 0.4) is 0 Å². The van der Waals surface area contributed by atoms with Crippen molar-refractivity contribution in [2.24, 2.45) is 0 Å². The molecule has 0 fully saturated rings. The summed E-state index contributed by atoms with van der Waals surface area (Å²) in [5.74, 6) is 1.29. The van der Waals surface area contributed by atoms with Crippen LogP contribution in [0, 0.1) is 0 Å². The molecule has 0 spiro atoms. The van der Waals surface area contributed by atoms with Crippen LogP contribution in [-0.2, 0) is 10.5 Å². The first kappa shape index (κ1) is 14.4. The van der Waals surface area contributed by atoms with Crippen LogP contribution in [0.1, 0.15) is 26.3 Å². The topological polar surface area (TPSA) is 29.1 Å². The summed E-state index contributed by atoms with van der Waals surface area (Å²) in [5.41, 5.74) is 0.907. The highest BCUT2D eigenvalue weighted by atomic mass is 35.5. The van der Waals surface area contributed by atoms with Crippen molar-refractivity contribution < 1.29 is 4.79 Å². The number of thioether (sulfide) groups is 1. The van der Waals surface area contributed by atoms with E-state index in [1.54, 1.807) is 11.8 Å². The van der Waals surface area contributed by atoms with Gasteiger partial charge in [0.05, 0.1) is 5.75 Å². The maximum absolute atomic E-state index is 11.6. The zero-order valence-electron chi connectivity index (χ0n) is 10.4. The fourth-order valence-corrected chi connectivity index (χ4v) is 2.44. The maximum Gasteiger partial charge on any atom is 0.230 e. The number of hydrogen-bond acceptors (Lipinski definition) is 2. The maximum atomic E-state index is 11.6. The molecule has 0 aliphatic heterocycles. The van der Waals surface area contributed by atoms with Crippen molar-refractivity contribution in [1.29, 1.82) is 0 Å². The predicted molar refractivity (Wildman–Crippen MR) is 75.5 cm³/mol. The molecule has 17 heavy (non-hydrogen) atoms. The molecule has 1 aromatic rings. The Morgan fingerprint density at radius 3 is 2.59 bits per heavy atom. The van der Waals surface area contributed by atoms with Gasteiger partial charge in [-0.3, -0.25) is 4.79 Å². The number of carbonyl (C=O) groups is 1. The average Bonchev–Trinajstić information content (AvgIpc) is 2.18. The van der Waals surface area contributed by atoms with E-state index >= 15 is 0 Å². The second-order valence-corrected chi connectivity index (χ2v) is 6.28. The molecule has 94 valence electrons. The lowest BCUT2D eigenvalue weighted by Crippen LogP contribution is -2.41. The Morgan fingerprint density at radius 2 is 2.00 bits per heavy atom. The molecule has 0 heterocycles. The summed E-state index contributed by atoms with van der Waals surface area (Å²) in [4.78, 5) is 11.6. The van der Waals surface area contributed by atoms with Gasteiger partial charge in [0, 0.05) is 16.3 Å². The smallest absolute Gasteiger partial charge is 0.230 e. The minimum atomic E-state index is -0.165. The molecule has 0 unspecified atom stereocenters. The van der Waals surface area contributed by atoms with Crippen LogP contribution in [0.15, 0.2) is 24.3 Å². The second-order valence-electron chi connectivity index (χ2n) is 4.88. The summed E-state index contributed by atoms with van der Waals surface area (Å²) in [7, 11) is 0. The van der Waals surface area contributed by atoms with Crippen molar-refractivity contribution in [3.8, 4) is 0 Å². The lowest BCUT2D eigenvalue weighted by atomic mass is 10.1. The molecule has 1 rings (SSSR count). The highest BCUT2D eigenvalue weighted by Gasteiger charge is 2.13. The Bertz CT molecular complexity index is 387. The lowest BCUT2D eigenvalue weighted by molar-refractivity contribution is -0.119. The largest absolute Gasteiger partial charge is 0.351 e. The predicted octanol–water partition coefficient (Wildman–Crippen LogP) is 3.49. The van der Waals surface area contributed by atoms with Crippen molar-refractivity contribution >= 4 is 29.3 Å². The SMILES string of the molecule is CC(C)(C)NC(=O)CSCc1ccccc1Cl. The van der Waals surface area contributed by atoms with Gasteiger partial charge in [0.25, 0.3) is 0 Å². The lowest BCUT2D eigenvalue weighted by Gasteiger charge is -2.20. The Labute approximate surface area is 112 Å². The number of carbonyl (C=O) groups excluding carboxylic acids is 1. The standard InChI is InChI=1S/C13H18ClNOS/c1-13(2,3)15-12(16)9-17-8-10-6-4-5-7-11(10)14/h4-7H,8-9H2,1-3H3,(H,15,16). The minimum Gasteiger partial charge on any atom is -0.351 e.